The molecule has 0 aliphatic heterocycles. The molecule has 0 aromatic heterocycles. The molecule has 1 aromatic rings. The molecule has 0 amide bonds. The number of hydrogen-bond acceptors (Lipinski definition) is 1. The van der Waals surface area contributed by atoms with Crippen LogP contribution in [0.25, 0.3) is 0 Å². The van der Waals surface area contributed by atoms with E-state index in [-0.39, 0.29) is 0 Å². The van der Waals surface area contributed by atoms with E-state index in [4.69, 9.17) is 0 Å². The molecule has 0 fully saturated rings. The minimum atomic E-state index is 0.648. The van der Waals surface area contributed by atoms with Crippen LogP contribution in [0.2, 0.25) is 0 Å². The van der Waals surface area contributed by atoms with Crippen LogP contribution in [0.1, 0.15) is 20.3 Å². The first-order valence-electron chi connectivity index (χ1n) is 5.06. The molecule has 0 aliphatic carbocycles. The van der Waals surface area contributed by atoms with Gasteiger partial charge in [0.2, 0.25) is 0 Å². The van der Waals surface area contributed by atoms with Crippen molar-refractivity contribution in [3.05, 3.63) is 43.0 Å². The third-order valence-electron chi connectivity index (χ3n) is 2.17. The zero-order valence-electron chi connectivity index (χ0n) is 8.94. The van der Waals surface area contributed by atoms with Crippen molar-refractivity contribution < 1.29 is 0 Å². The maximum atomic E-state index is 3.81. The van der Waals surface area contributed by atoms with E-state index in [9.17, 15) is 0 Å². The highest BCUT2D eigenvalue weighted by atomic mass is 32.2. The van der Waals surface area contributed by atoms with E-state index in [1.54, 1.807) is 0 Å². The Labute approximate surface area is 91.4 Å². The lowest BCUT2D eigenvalue weighted by Gasteiger charge is -2.18. The molecule has 1 rings (SSSR count). The van der Waals surface area contributed by atoms with Crippen molar-refractivity contribution in [3.63, 3.8) is 0 Å². The van der Waals surface area contributed by atoms with Crippen molar-refractivity contribution in [1.82, 2.24) is 0 Å². The Kier molecular flexibility index (Phi) is 4.81. The van der Waals surface area contributed by atoms with Gasteiger partial charge in [-0.3, -0.25) is 0 Å². The molecule has 0 bridgehead atoms. The second kappa shape index (κ2) is 5.92. The Balaban J connectivity index is 2.60. The summed E-state index contributed by atoms with van der Waals surface area (Å²) in [6.45, 7) is 8.35. The van der Waals surface area contributed by atoms with Gasteiger partial charge in [-0.1, -0.05) is 38.1 Å². The Hall–Kier alpha value is -0.690. The highest BCUT2D eigenvalue weighted by molar-refractivity contribution is 8.00. The maximum absolute atomic E-state index is 3.81. The molecule has 0 heterocycles. The van der Waals surface area contributed by atoms with E-state index < -0.39 is 0 Å². The predicted molar refractivity (Wildman–Crippen MR) is 65.7 cm³/mol. The molecule has 0 aliphatic rings. The van der Waals surface area contributed by atoms with Crippen LogP contribution in [-0.2, 0) is 0 Å². The molecule has 76 valence electrons. The van der Waals surface area contributed by atoms with Gasteiger partial charge in [0.1, 0.15) is 0 Å². The summed E-state index contributed by atoms with van der Waals surface area (Å²) in [5.74, 6) is 0.693. The number of rotatable bonds is 5. The van der Waals surface area contributed by atoms with Gasteiger partial charge in [-0.05, 0) is 24.5 Å². The Morgan fingerprint density at radius 3 is 2.43 bits per heavy atom. The number of hydrogen-bond donors (Lipinski definition) is 0. The molecular formula is C13H18S. The van der Waals surface area contributed by atoms with Gasteiger partial charge >= 0.3 is 0 Å². The fraction of sp³-hybridized carbons (Fsp3) is 0.385. The lowest BCUT2D eigenvalue weighted by Crippen LogP contribution is -2.09. The van der Waals surface area contributed by atoms with Crippen molar-refractivity contribution in [2.24, 2.45) is 5.92 Å². The molecular weight excluding hydrogens is 188 g/mol. The van der Waals surface area contributed by atoms with E-state index in [1.165, 1.54) is 4.90 Å². The first kappa shape index (κ1) is 11.4. The molecule has 0 saturated heterocycles. The summed E-state index contributed by atoms with van der Waals surface area (Å²) in [6.07, 6.45) is 3.10. The zero-order chi connectivity index (χ0) is 10.4. The maximum Gasteiger partial charge on any atom is 0.0152 e. The first-order valence-corrected chi connectivity index (χ1v) is 5.94. The Morgan fingerprint density at radius 2 is 1.93 bits per heavy atom. The summed E-state index contributed by atoms with van der Waals surface area (Å²) in [7, 11) is 0. The van der Waals surface area contributed by atoms with Crippen molar-refractivity contribution in [2.45, 2.75) is 30.4 Å². The molecule has 0 radical (unpaired) electrons. The third kappa shape index (κ3) is 3.59. The van der Waals surface area contributed by atoms with E-state index in [1.807, 2.05) is 17.8 Å². The predicted octanol–water partition coefficient (Wildman–Crippen LogP) is 4.38. The molecule has 0 nitrogen and oxygen atoms in total. The lowest BCUT2D eigenvalue weighted by molar-refractivity contribution is 0.612. The van der Waals surface area contributed by atoms with Crippen LogP contribution in [0.3, 0.4) is 0 Å². The van der Waals surface area contributed by atoms with E-state index >= 15 is 0 Å². The van der Waals surface area contributed by atoms with Gasteiger partial charge in [0.05, 0.1) is 0 Å². The van der Waals surface area contributed by atoms with E-state index in [0.29, 0.717) is 11.2 Å². The average molecular weight is 206 g/mol. The molecule has 1 aromatic carbocycles. The van der Waals surface area contributed by atoms with Gasteiger partial charge in [0.15, 0.2) is 0 Å². The first-order chi connectivity index (χ1) is 6.74. The van der Waals surface area contributed by atoms with Gasteiger partial charge in [-0.25, -0.2) is 0 Å². The van der Waals surface area contributed by atoms with Crippen LogP contribution in [0, 0.1) is 5.92 Å². The molecule has 0 spiro atoms. The summed E-state index contributed by atoms with van der Waals surface area (Å²) < 4.78 is 0. The monoisotopic (exact) mass is 206 g/mol. The van der Waals surface area contributed by atoms with Gasteiger partial charge in [0, 0.05) is 10.1 Å². The van der Waals surface area contributed by atoms with Crippen LogP contribution < -0.4 is 0 Å². The second-order valence-electron chi connectivity index (χ2n) is 3.74. The SMILES string of the molecule is C=CCC(Sc1ccccc1)C(C)C. The number of benzene rings is 1. The van der Waals surface area contributed by atoms with Gasteiger partial charge < -0.3 is 0 Å². The molecule has 0 saturated carbocycles. The number of thioether (sulfide) groups is 1. The molecule has 0 N–H and O–H groups in total. The molecule has 1 atom stereocenters. The summed E-state index contributed by atoms with van der Waals surface area (Å²) in [5, 5.41) is 0.648. The summed E-state index contributed by atoms with van der Waals surface area (Å²) in [4.78, 5) is 1.35. The standard InChI is InChI=1S/C13H18S/c1-4-8-13(11(2)3)14-12-9-6-5-7-10-12/h4-7,9-11,13H,1,8H2,2-3H3. The second-order valence-corrected chi connectivity index (χ2v) is 5.05. The van der Waals surface area contributed by atoms with Crippen molar-refractivity contribution in [2.75, 3.05) is 0 Å². The summed E-state index contributed by atoms with van der Waals surface area (Å²) in [5.41, 5.74) is 0. The highest BCUT2D eigenvalue weighted by Gasteiger charge is 2.12. The van der Waals surface area contributed by atoms with Crippen LogP contribution in [0.4, 0.5) is 0 Å². The quantitative estimate of drug-likeness (QED) is 0.509. The normalized spacial score (nSPS) is 12.8. The van der Waals surface area contributed by atoms with Crippen LogP contribution in [-0.4, -0.2) is 5.25 Å². The van der Waals surface area contributed by atoms with E-state index in [0.717, 1.165) is 6.42 Å². The lowest BCUT2D eigenvalue weighted by atomic mass is 10.1. The van der Waals surface area contributed by atoms with Gasteiger partial charge in [-0.2, -0.15) is 0 Å². The highest BCUT2D eigenvalue weighted by Crippen LogP contribution is 2.30. The number of allylic oxidation sites excluding steroid dienone is 1. The zero-order valence-corrected chi connectivity index (χ0v) is 9.76. The van der Waals surface area contributed by atoms with Crippen LogP contribution in [0.15, 0.2) is 47.9 Å². The fourth-order valence-electron chi connectivity index (χ4n) is 1.29. The van der Waals surface area contributed by atoms with Crippen LogP contribution in [0.5, 0.6) is 0 Å². The fourth-order valence-corrected chi connectivity index (χ4v) is 2.46. The van der Waals surface area contributed by atoms with Crippen molar-refractivity contribution >= 4 is 11.8 Å². The average Bonchev–Trinajstić information content (AvgIpc) is 2.18. The molecule has 14 heavy (non-hydrogen) atoms. The smallest absolute Gasteiger partial charge is 0.0152 e. The topological polar surface area (TPSA) is 0 Å². The molecule has 1 heteroatoms. The third-order valence-corrected chi connectivity index (χ3v) is 3.76. The Morgan fingerprint density at radius 1 is 1.29 bits per heavy atom. The van der Waals surface area contributed by atoms with Crippen molar-refractivity contribution in [1.29, 1.82) is 0 Å². The largest absolute Gasteiger partial charge is 0.122 e. The summed E-state index contributed by atoms with van der Waals surface area (Å²) >= 11 is 1.95. The Bertz CT molecular complexity index is 264. The minimum absolute atomic E-state index is 0.648. The van der Waals surface area contributed by atoms with Crippen molar-refractivity contribution in [3.8, 4) is 0 Å². The van der Waals surface area contributed by atoms with Gasteiger partial charge in [0.25, 0.3) is 0 Å². The van der Waals surface area contributed by atoms with E-state index in [2.05, 4.69) is 50.8 Å². The van der Waals surface area contributed by atoms with Gasteiger partial charge in [-0.15, -0.1) is 18.3 Å². The minimum Gasteiger partial charge on any atom is -0.122 e. The molecule has 1 unspecified atom stereocenters. The summed E-state index contributed by atoms with van der Waals surface area (Å²) in [6, 6.07) is 10.6. The van der Waals surface area contributed by atoms with Crippen LogP contribution >= 0.6 is 11.8 Å².